The number of carbonyl (C=O) groups is 2. The minimum atomic E-state index is -4.57. The van der Waals surface area contributed by atoms with Gasteiger partial charge in [0, 0.05) is 12.1 Å². The zero-order valence-corrected chi connectivity index (χ0v) is 21.4. The number of Topliss-reactive ketones (excluding diaryl/α,β-unsaturated/α-hetero) is 1. The third kappa shape index (κ3) is 5.16. The molecular formula is C30H28F3NO4. The number of aryl methyl sites for hydroxylation is 1. The van der Waals surface area contributed by atoms with E-state index in [1.807, 2.05) is 32.9 Å². The Labute approximate surface area is 218 Å². The van der Waals surface area contributed by atoms with Crippen LogP contribution in [-0.4, -0.2) is 26.8 Å². The second kappa shape index (κ2) is 9.67. The third-order valence-electron chi connectivity index (χ3n) is 6.71. The number of phenols is 1. The average Bonchev–Trinajstić information content (AvgIpc) is 3.08. The molecule has 3 aromatic rings. The smallest absolute Gasteiger partial charge is 0.416 e. The molecule has 0 aromatic heterocycles. The van der Waals surface area contributed by atoms with Crippen molar-refractivity contribution in [2.45, 2.75) is 51.9 Å². The monoisotopic (exact) mass is 523 g/mol. The number of rotatable bonds is 4. The summed E-state index contributed by atoms with van der Waals surface area (Å²) in [6.07, 6.45) is -4.57. The quantitative estimate of drug-likeness (QED) is 0.228. The van der Waals surface area contributed by atoms with Crippen LogP contribution in [-0.2, 0) is 27.7 Å². The van der Waals surface area contributed by atoms with Crippen molar-refractivity contribution in [3.63, 3.8) is 0 Å². The van der Waals surface area contributed by atoms with Crippen molar-refractivity contribution >= 4 is 17.4 Å². The lowest BCUT2D eigenvalue weighted by atomic mass is 9.84. The van der Waals surface area contributed by atoms with Crippen LogP contribution < -0.4 is 0 Å². The van der Waals surface area contributed by atoms with Crippen LogP contribution >= 0.6 is 0 Å². The molecule has 0 saturated carbocycles. The molecule has 2 N–H and O–H groups in total. The Morgan fingerprint density at radius 2 is 1.58 bits per heavy atom. The molecule has 1 heterocycles. The van der Waals surface area contributed by atoms with E-state index in [0.717, 1.165) is 22.6 Å². The van der Waals surface area contributed by atoms with Gasteiger partial charge >= 0.3 is 6.18 Å². The summed E-state index contributed by atoms with van der Waals surface area (Å²) in [6, 6.07) is 14.8. The van der Waals surface area contributed by atoms with E-state index in [-0.39, 0.29) is 34.6 Å². The Morgan fingerprint density at radius 1 is 0.921 bits per heavy atom. The fourth-order valence-electron chi connectivity index (χ4n) is 4.58. The van der Waals surface area contributed by atoms with Gasteiger partial charge in [-0.15, -0.1) is 0 Å². The molecule has 1 fully saturated rings. The molecule has 0 bridgehead atoms. The normalized spacial score (nSPS) is 17.8. The number of hydrogen-bond donors (Lipinski definition) is 2. The standard InChI is InChI=1S/C30H28F3NO4/c1-17-8-11-20(29(2,3)4)15-23(17)26(36)24-25(19-9-12-22(35)13-10-19)34(28(38)27(24)37)16-18-6-5-7-21(14-18)30(31,32)33/h5-15,25,35-36H,16H2,1-4H3/b26-24+. The molecule has 198 valence electrons. The maximum atomic E-state index is 13.4. The summed E-state index contributed by atoms with van der Waals surface area (Å²) in [4.78, 5) is 27.8. The Kier molecular flexibility index (Phi) is 6.86. The van der Waals surface area contributed by atoms with E-state index in [1.54, 1.807) is 13.0 Å². The maximum Gasteiger partial charge on any atom is 0.416 e. The van der Waals surface area contributed by atoms with Crippen LogP contribution in [0.3, 0.4) is 0 Å². The van der Waals surface area contributed by atoms with Gasteiger partial charge in [-0.1, -0.05) is 57.2 Å². The number of hydrogen-bond acceptors (Lipinski definition) is 4. The van der Waals surface area contributed by atoms with E-state index in [2.05, 4.69) is 0 Å². The average molecular weight is 524 g/mol. The largest absolute Gasteiger partial charge is 0.508 e. The highest BCUT2D eigenvalue weighted by molar-refractivity contribution is 6.46. The van der Waals surface area contributed by atoms with E-state index < -0.39 is 29.5 Å². The van der Waals surface area contributed by atoms with Gasteiger partial charge in [0.1, 0.15) is 11.5 Å². The molecule has 1 unspecified atom stereocenters. The van der Waals surface area contributed by atoms with Crippen LogP contribution in [0.25, 0.3) is 5.76 Å². The second-order valence-corrected chi connectivity index (χ2v) is 10.5. The molecule has 1 amide bonds. The first-order valence-electron chi connectivity index (χ1n) is 12.0. The summed E-state index contributed by atoms with van der Waals surface area (Å²) in [6.45, 7) is 7.50. The predicted molar refractivity (Wildman–Crippen MR) is 137 cm³/mol. The third-order valence-corrected chi connectivity index (χ3v) is 6.71. The number of phenolic OH excluding ortho intramolecular Hbond substituents is 1. The van der Waals surface area contributed by atoms with E-state index in [4.69, 9.17) is 0 Å². The number of carbonyl (C=O) groups excluding carboxylic acids is 2. The molecule has 38 heavy (non-hydrogen) atoms. The van der Waals surface area contributed by atoms with Gasteiger partial charge in [0.05, 0.1) is 17.2 Å². The number of benzene rings is 3. The summed E-state index contributed by atoms with van der Waals surface area (Å²) in [5.41, 5.74) is 1.28. The Bertz CT molecular complexity index is 1430. The van der Waals surface area contributed by atoms with Crippen molar-refractivity contribution in [2.24, 2.45) is 0 Å². The first-order chi connectivity index (χ1) is 17.7. The molecule has 0 aliphatic carbocycles. The maximum absolute atomic E-state index is 13.4. The van der Waals surface area contributed by atoms with Crippen molar-refractivity contribution in [2.75, 3.05) is 0 Å². The fraction of sp³-hybridized carbons (Fsp3) is 0.267. The molecule has 0 radical (unpaired) electrons. The second-order valence-electron chi connectivity index (χ2n) is 10.5. The Balaban J connectivity index is 1.89. The van der Waals surface area contributed by atoms with Gasteiger partial charge < -0.3 is 15.1 Å². The van der Waals surface area contributed by atoms with Crippen molar-refractivity contribution in [1.29, 1.82) is 0 Å². The van der Waals surface area contributed by atoms with Crippen LogP contribution in [0.4, 0.5) is 13.2 Å². The summed E-state index contributed by atoms with van der Waals surface area (Å²) in [5.74, 6) is -2.28. The lowest BCUT2D eigenvalue weighted by Gasteiger charge is -2.26. The number of alkyl halides is 3. The van der Waals surface area contributed by atoms with Gasteiger partial charge in [-0.05, 0) is 64.9 Å². The van der Waals surface area contributed by atoms with Gasteiger partial charge in [0.15, 0.2) is 0 Å². The summed E-state index contributed by atoms with van der Waals surface area (Å²) in [7, 11) is 0. The molecule has 8 heteroatoms. The Hall–Kier alpha value is -4.07. The number of aromatic hydroxyl groups is 1. The number of aliphatic hydroxyl groups excluding tert-OH is 1. The highest BCUT2D eigenvalue weighted by Gasteiger charge is 2.46. The first-order valence-corrected chi connectivity index (χ1v) is 12.0. The number of amides is 1. The van der Waals surface area contributed by atoms with Crippen LogP contribution in [0.2, 0.25) is 0 Å². The molecule has 4 rings (SSSR count). The molecular weight excluding hydrogens is 495 g/mol. The van der Waals surface area contributed by atoms with E-state index in [9.17, 15) is 33.0 Å². The van der Waals surface area contributed by atoms with Gasteiger partial charge in [-0.3, -0.25) is 9.59 Å². The van der Waals surface area contributed by atoms with Crippen LogP contribution in [0.15, 0.2) is 72.3 Å². The topological polar surface area (TPSA) is 77.8 Å². The van der Waals surface area contributed by atoms with Crippen LogP contribution in [0.1, 0.15) is 60.2 Å². The minimum absolute atomic E-state index is 0.0442. The lowest BCUT2D eigenvalue weighted by Crippen LogP contribution is -2.29. The number of aliphatic hydroxyl groups is 1. The van der Waals surface area contributed by atoms with Gasteiger partial charge in [0.25, 0.3) is 11.7 Å². The summed E-state index contributed by atoms with van der Waals surface area (Å²) < 4.78 is 39.9. The number of likely N-dealkylation sites (tertiary alicyclic amines) is 1. The van der Waals surface area contributed by atoms with Crippen molar-refractivity contribution in [1.82, 2.24) is 4.90 Å². The Morgan fingerprint density at radius 3 is 2.18 bits per heavy atom. The number of ketones is 1. The molecule has 1 saturated heterocycles. The summed E-state index contributed by atoms with van der Waals surface area (Å²) >= 11 is 0. The molecule has 1 aliphatic rings. The van der Waals surface area contributed by atoms with Gasteiger partial charge in [0.2, 0.25) is 0 Å². The molecule has 0 spiro atoms. The highest BCUT2D eigenvalue weighted by atomic mass is 19.4. The SMILES string of the molecule is Cc1ccc(C(C)(C)C)cc1/C(O)=C1\C(=O)C(=O)N(Cc2cccc(C(F)(F)F)c2)C1c1ccc(O)cc1. The van der Waals surface area contributed by atoms with Crippen molar-refractivity contribution in [3.8, 4) is 5.75 Å². The van der Waals surface area contributed by atoms with Crippen LogP contribution in [0, 0.1) is 6.92 Å². The van der Waals surface area contributed by atoms with Crippen LogP contribution in [0.5, 0.6) is 5.75 Å². The van der Waals surface area contributed by atoms with E-state index in [1.165, 1.54) is 36.4 Å². The van der Waals surface area contributed by atoms with E-state index in [0.29, 0.717) is 16.7 Å². The van der Waals surface area contributed by atoms with Crippen molar-refractivity contribution < 1.29 is 33.0 Å². The zero-order valence-electron chi connectivity index (χ0n) is 21.4. The number of halogens is 3. The number of nitrogens with zero attached hydrogens (tertiary/aromatic N) is 1. The highest BCUT2D eigenvalue weighted by Crippen LogP contribution is 2.42. The molecule has 5 nitrogen and oxygen atoms in total. The molecule has 1 aliphatic heterocycles. The molecule has 3 aromatic carbocycles. The summed E-state index contributed by atoms with van der Waals surface area (Å²) in [5, 5.41) is 21.3. The molecule has 1 atom stereocenters. The van der Waals surface area contributed by atoms with Gasteiger partial charge in [-0.2, -0.15) is 13.2 Å². The minimum Gasteiger partial charge on any atom is -0.508 e. The lowest BCUT2D eigenvalue weighted by molar-refractivity contribution is -0.140. The first kappa shape index (κ1) is 27.0. The van der Waals surface area contributed by atoms with Crippen molar-refractivity contribution in [3.05, 3.63) is 106 Å². The van der Waals surface area contributed by atoms with E-state index >= 15 is 0 Å². The predicted octanol–water partition coefficient (Wildman–Crippen LogP) is 6.64. The van der Waals surface area contributed by atoms with Gasteiger partial charge in [-0.25, -0.2) is 0 Å². The zero-order chi connectivity index (χ0) is 28.0. The fourth-order valence-corrected chi connectivity index (χ4v) is 4.58.